The molecule has 4 saturated heterocycles. The van der Waals surface area contributed by atoms with Gasteiger partial charge in [-0.15, -0.1) is 0 Å². The summed E-state index contributed by atoms with van der Waals surface area (Å²) in [7, 11) is 0. The van der Waals surface area contributed by atoms with Gasteiger partial charge in [0.2, 0.25) is 0 Å². The Hall–Kier alpha value is -3.17. The molecule has 5 aliphatic heterocycles. The van der Waals surface area contributed by atoms with Gasteiger partial charge < -0.3 is 25.0 Å². The van der Waals surface area contributed by atoms with Gasteiger partial charge in [-0.2, -0.15) is 9.97 Å². The third-order valence-electron chi connectivity index (χ3n) is 11.6. The molecule has 2 bridgehead atoms. The molecule has 9 rings (SSSR count). The highest BCUT2D eigenvalue weighted by molar-refractivity contribution is 5.96. The van der Waals surface area contributed by atoms with Crippen LogP contribution in [-0.4, -0.2) is 76.4 Å². The molecule has 0 amide bonds. The number of nitrogens with zero attached hydrogens (tertiary/aromatic N) is 5. The number of rotatable bonds is 5. The number of ether oxygens (including phenoxy) is 1. The van der Waals surface area contributed by atoms with Crippen LogP contribution in [0.5, 0.6) is 11.8 Å². The van der Waals surface area contributed by atoms with E-state index in [9.17, 15) is 5.11 Å². The number of piperazine rings is 1. The van der Waals surface area contributed by atoms with E-state index < -0.39 is 0 Å². The summed E-state index contributed by atoms with van der Waals surface area (Å²) in [6.07, 6.45) is 10.9. The summed E-state index contributed by atoms with van der Waals surface area (Å²) in [5.74, 6) is 1.70. The van der Waals surface area contributed by atoms with Crippen molar-refractivity contribution in [3.8, 4) is 11.8 Å². The molecule has 5 atom stereocenters. The van der Waals surface area contributed by atoms with Gasteiger partial charge in [-0.05, 0) is 81.3 Å². The topological polar surface area (TPSA) is 77.0 Å². The maximum absolute atomic E-state index is 15.1. The smallest absolute Gasteiger partial charge is 0.318 e. The van der Waals surface area contributed by atoms with E-state index in [0.29, 0.717) is 54.3 Å². The quantitative estimate of drug-likeness (QED) is 0.445. The first-order valence-electron chi connectivity index (χ1n) is 16.5. The van der Waals surface area contributed by atoms with Gasteiger partial charge in [0.15, 0.2) is 0 Å². The number of aromatic nitrogens is 2. The summed E-state index contributed by atoms with van der Waals surface area (Å²) in [5, 5.41) is 15.5. The Morgan fingerprint density at radius 3 is 2.79 bits per heavy atom. The highest BCUT2D eigenvalue weighted by Crippen LogP contribution is 2.51. The second-order valence-electron chi connectivity index (χ2n) is 14.0. The van der Waals surface area contributed by atoms with E-state index in [-0.39, 0.29) is 17.1 Å². The lowest BCUT2D eigenvalue weighted by Gasteiger charge is -2.38. The van der Waals surface area contributed by atoms with E-state index >= 15 is 4.39 Å². The number of phenols is 1. The number of fused-ring (bicyclic) bond motifs is 7. The van der Waals surface area contributed by atoms with Gasteiger partial charge in [0.05, 0.1) is 23.5 Å². The van der Waals surface area contributed by atoms with Crippen LogP contribution >= 0.6 is 0 Å². The summed E-state index contributed by atoms with van der Waals surface area (Å²) < 4.78 is 21.8. The fraction of sp³-hybridized carbons (Fsp3) is 0.588. The fourth-order valence-corrected chi connectivity index (χ4v) is 9.75. The van der Waals surface area contributed by atoms with Crippen molar-refractivity contribution < 1.29 is 14.2 Å². The maximum Gasteiger partial charge on any atom is 0.318 e. The molecule has 2 unspecified atom stereocenters. The normalized spacial score (nSPS) is 31.5. The van der Waals surface area contributed by atoms with Gasteiger partial charge in [-0.1, -0.05) is 18.6 Å². The third-order valence-corrected chi connectivity index (χ3v) is 11.6. The lowest BCUT2D eigenvalue weighted by atomic mass is 9.90. The van der Waals surface area contributed by atoms with E-state index in [0.717, 1.165) is 43.0 Å². The van der Waals surface area contributed by atoms with Crippen LogP contribution in [0, 0.1) is 11.7 Å². The Balaban J connectivity index is 1.06. The van der Waals surface area contributed by atoms with Crippen LogP contribution in [0.2, 0.25) is 0 Å². The van der Waals surface area contributed by atoms with Gasteiger partial charge in [-0.3, -0.25) is 4.90 Å². The van der Waals surface area contributed by atoms with E-state index in [1.54, 1.807) is 18.2 Å². The first-order chi connectivity index (χ1) is 21.0. The second kappa shape index (κ2) is 9.92. The Labute approximate surface area is 252 Å². The molecule has 8 nitrogen and oxygen atoms in total. The maximum atomic E-state index is 15.1. The first-order valence-corrected chi connectivity index (χ1v) is 16.5. The lowest BCUT2D eigenvalue weighted by Crippen LogP contribution is -2.52. The Kier molecular flexibility index (Phi) is 6.06. The zero-order chi connectivity index (χ0) is 28.7. The van der Waals surface area contributed by atoms with E-state index in [1.807, 2.05) is 6.07 Å². The number of benzene rings is 2. The van der Waals surface area contributed by atoms with Crippen LogP contribution in [0.25, 0.3) is 10.8 Å². The first kappa shape index (κ1) is 26.3. The summed E-state index contributed by atoms with van der Waals surface area (Å²) in [6.45, 7) is 4.97. The summed E-state index contributed by atoms with van der Waals surface area (Å²) >= 11 is 0. The molecule has 1 saturated carbocycles. The molecule has 1 aromatic heterocycles. The molecule has 2 aromatic carbocycles. The highest BCUT2D eigenvalue weighted by atomic mass is 19.1. The predicted molar refractivity (Wildman–Crippen MR) is 164 cm³/mol. The molecule has 2 N–H and O–H groups in total. The van der Waals surface area contributed by atoms with Crippen molar-refractivity contribution in [2.24, 2.45) is 5.92 Å². The van der Waals surface area contributed by atoms with Crippen molar-refractivity contribution in [1.29, 1.82) is 0 Å². The molecule has 3 aromatic rings. The summed E-state index contributed by atoms with van der Waals surface area (Å²) in [5.41, 5.74) is 2.97. The fourth-order valence-electron chi connectivity index (χ4n) is 9.75. The van der Waals surface area contributed by atoms with Crippen LogP contribution < -0.4 is 19.9 Å². The van der Waals surface area contributed by atoms with Crippen LogP contribution in [0.1, 0.15) is 62.6 Å². The zero-order valence-corrected chi connectivity index (χ0v) is 24.8. The minimum absolute atomic E-state index is 0.118. The van der Waals surface area contributed by atoms with Gasteiger partial charge in [0, 0.05) is 54.8 Å². The predicted octanol–water partition coefficient (Wildman–Crippen LogP) is 4.76. The zero-order valence-electron chi connectivity index (χ0n) is 24.8. The van der Waals surface area contributed by atoms with Gasteiger partial charge in [-0.25, -0.2) is 4.39 Å². The molecular weight excluding hydrogens is 543 g/mol. The van der Waals surface area contributed by atoms with Gasteiger partial charge in [0.25, 0.3) is 0 Å². The highest BCUT2D eigenvalue weighted by Gasteiger charge is 2.55. The molecule has 6 heterocycles. The lowest BCUT2D eigenvalue weighted by molar-refractivity contribution is 0.0829. The van der Waals surface area contributed by atoms with Gasteiger partial charge >= 0.3 is 6.01 Å². The number of halogens is 1. The van der Waals surface area contributed by atoms with Crippen molar-refractivity contribution in [2.75, 3.05) is 42.6 Å². The van der Waals surface area contributed by atoms with Crippen molar-refractivity contribution in [2.45, 2.75) is 88.0 Å². The Bertz CT molecular complexity index is 1570. The Morgan fingerprint density at radius 2 is 1.91 bits per heavy atom. The largest absolute Gasteiger partial charge is 0.508 e. The molecule has 5 fully saturated rings. The number of anilines is 2. The van der Waals surface area contributed by atoms with E-state index in [4.69, 9.17) is 14.7 Å². The molecule has 9 heteroatoms. The average molecular weight is 585 g/mol. The molecule has 43 heavy (non-hydrogen) atoms. The number of hydrogen-bond acceptors (Lipinski definition) is 8. The van der Waals surface area contributed by atoms with E-state index in [2.05, 4.69) is 20.0 Å². The molecule has 1 aliphatic carbocycles. The van der Waals surface area contributed by atoms with Crippen LogP contribution in [0.3, 0.4) is 0 Å². The summed E-state index contributed by atoms with van der Waals surface area (Å²) in [6, 6.07) is 10.6. The van der Waals surface area contributed by atoms with E-state index in [1.165, 1.54) is 69.5 Å². The number of hydrogen-bond donors (Lipinski definition) is 2. The summed E-state index contributed by atoms with van der Waals surface area (Å²) in [4.78, 5) is 17.6. The van der Waals surface area contributed by atoms with Crippen molar-refractivity contribution in [1.82, 2.24) is 20.2 Å². The molecule has 6 aliphatic rings. The van der Waals surface area contributed by atoms with Crippen molar-refractivity contribution >= 4 is 22.3 Å². The third kappa shape index (κ3) is 4.29. The number of aromatic hydroxyl groups is 1. The Morgan fingerprint density at radius 1 is 1.02 bits per heavy atom. The van der Waals surface area contributed by atoms with Crippen LogP contribution in [0.15, 0.2) is 30.3 Å². The number of nitrogens with one attached hydrogen (secondary N) is 1. The molecule has 0 spiro atoms. The monoisotopic (exact) mass is 584 g/mol. The standard InChI is InChI=1S/C34H41FN6O2/c35-27-6-1-4-21-14-25(42)15-30(31(21)27)39-13-10-26-28(19-39)37-33(38-32(26)40-17-23-8-9-24(18-40)36-23)43-20-34-11-3-12-41(34)29-7-2-5-22(29)16-34/h1,4,6,14-15,22-24,29,36,42H,2-3,5,7-13,16-20H2/t22-,23?,24?,29-,34+/m0/s1. The van der Waals surface area contributed by atoms with Gasteiger partial charge in [0.1, 0.15) is 24.0 Å². The van der Waals surface area contributed by atoms with Crippen molar-refractivity contribution in [3.05, 3.63) is 47.4 Å². The van der Waals surface area contributed by atoms with Crippen LogP contribution in [0.4, 0.5) is 15.9 Å². The SMILES string of the molecule is Oc1cc(N2CCc3c(nc(OC[C@]45CCCN4[C@H]4CCC[C@H]4C5)nc3N3CC4CCC(C3)N4)C2)c2c(F)cccc2c1. The minimum Gasteiger partial charge on any atom is -0.508 e. The molecule has 226 valence electrons. The van der Waals surface area contributed by atoms with Crippen LogP contribution in [-0.2, 0) is 13.0 Å². The molecular formula is C34H41FN6O2. The number of phenolic OH excluding ortho intramolecular Hbond substituents is 1. The second-order valence-corrected chi connectivity index (χ2v) is 14.0. The minimum atomic E-state index is -0.274. The molecule has 0 radical (unpaired) electrons. The van der Waals surface area contributed by atoms with Crippen molar-refractivity contribution in [3.63, 3.8) is 0 Å². The average Bonchev–Trinajstić information content (AvgIpc) is 3.76.